The molecule has 0 aromatic carbocycles. The Balaban J connectivity index is 1.68. The zero-order chi connectivity index (χ0) is 55.7. The van der Waals surface area contributed by atoms with Gasteiger partial charge in [0, 0.05) is 26.8 Å². The average Bonchev–Trinajstić information content (AvgIpc) is 3.76. The molecule has 0 saturated carbocycles. The maximum atomic E-state index is 13.6. The van der Waals surface area contributed by atoms with Gasteiger partial charge in [-0.15, -0.1) is 0 Å². The molecule has 18 N–H and O–H groups in total. The normalized spacial score (nSPS) is 26.9. The highest BCUT2D eigenvalue weighted by Gasteiger charge is 2.56. The summed E-state index contributed by atoms with van der Waals surface area (Å²) in [5.41, 5.74) is 16.3. The number of amides is 10. The molecule has 3 heterocycles. The van der Waals surface area contributed by atoms with Gasteiger partial charge in [0.15, 0.2) is 12.6 Å². The number of carbonyl (C=O) groups excluding carboxylic acids is 10. The molecule has 3 fully saturated rings. The Morgan fingerprint density at radius 3 is 1.86 bits per heavy atom. The van der Waals surface area contributed by atoms with Gasteiger partial charge >= 0.3 is 5.97 Å². The van der Waals surface area contributed by atoms with Gasteiger partial charge in [-0.25, -0.2) is 0 Å². The fraction of sp³-hybridized carbons (Fsp3) is 0.744. The number of unbranched alkanes of at least 4 members (excludes halogenated alkanes) is 1. The summed E-state index contributed by atoms with van der Waals surface area (Å²) >= 11 is 0. The highest BCUT2D eigenvalue weighted by Crippen LogP contribution is 2.35. The Labute approximate surface area is 424 Å². The quantitative estimate of drug-likeness (QED) is 0.0309. The van der Waals surface area contributed by atoms with E-state index in [1.54, 1.807) is 0 Å². The van der Waals surface area contributed by atoms with Gasteiger partial charge in [-0.05, 0) is 53.4 Å². The van der Waals surface area contributed by atoms with Crippen molar-refractivity contribution in [1.29, 1.82) is 0 Å². The van der Waals surface area contributed by atoms with Gasteiger partial charge in [0.05, 0.1) is 25.7 Å². The van der Waals surface area contributed by atoms with Crippen LogP contribution >= 0.6 is 0 Å². The molecule has 3 aliphatic rings. The van der Waals surface area contributed by atoms with Crippen molar-refractivity contribution in [2.75, 3.05) is 19.8 Å². The van der Waals surface area contributed by atoms with Crippen LogP contribution in [0.5, 0.6) is 0 Å². The molecular weight excluding hydrogens is 991 g/mol. The molecule has 74 heavy (non-hydrogen) atoms. The molecular formula is C43H71N11O20. The molecule has 31 nitrogen and oxygen atoms in total. The van der Waals surface area contributed by atoms with E-state index in [9.17, 15) is 68.1 Å². The van der Waals surface area contributed by atoms with Crippen LogP contribution in [0.15, 0.2) is 0 Å². The Kier molecular flexibility index (Phi) is 24.4. The van der Waals surface area contributed by atoms with Crippen LogP contribution in [0.4, 0.5) is 0 Å². The maximum absolute atomic E-state index is 13.6. The number of nitrogens with two attached hydrogens (primary N) is 3. The van der Waals surface area contributed by atoms with Crippen LogP contribution in [-0.2, 0) is 76.4 Å². The first-order valence-corrected chi connectivity index (χ1v) is 23.7. The van der Waals surface area contributed by atoms with Gasteiger partial charge < -0.3 is 104 Å². The van der Waals surface area contributed by atoms with E-state index in [1.165, 1.54) is 34.6 Å². The second kappa shape index (κ2) is 29.0. The lowest BCUT2D eigenvalue weighted by Gasteiger charge is -2.47. The number of aliphatic hydroxyl groups is 3. The topological polar surface area (TPSA) is 489 Å². The number of nitrogens with one attached hydrogen (secondary N) is 8. The summed E-state index contributed by atoms with van der Waals surface area (Å²) in [5.74, 6) is -9.39. The van der Waals surface area contributed by atoms with E-state index < -0.39 is 195 Å². The first kappa shape index (κ1) is 62.1. The first-order chi connectivity index (χ1) is 34.6. The number of hydrogen-bond acceptors (Lipinski definition) is 20. The molecule has 0 aromatic rings. The van der Waals surface area contributed by atoms with Crippen LogP contribution in [0.25, 0.3) is 0 Å². The number of aliphatic hydroxyl groups excluding tert-OH is 3. The number of carboxylic acids is 1. The van der Waals surface area contributed by atoms with Crippen LogP contribution in [0.2, 0.25) is 0 Å². The van der Waals surface area contributed by atoms with E-state index in [1.807, 2.05) is 0 Å². The van der Waals surface area contributed by atoms with Crippen LogP contribution < -0.4 is 59.7 Å². The van der Waals surface area contributed by atoms with Crippen molar-refractivity contribution in [2.45, 2.75) is 184 Å². The number of carboxylic acid groups (broad SMARTS) is 1. The molecule has 0 aliphatic carbocycles. The first-order valence-electron chi connectivity index (χ1n) is 23.7. The third-order valence-electron chi connectivity index (χ3n) is 11.9. The minimum Gasteiger partial charge on any atom is -0.480 e. The minimum absolute atomic E-state index is 0.0518. The summed E-state index contributed by atoms with van der Waals surface area (Å²) in [7, 11) is 0. The monoisotopic (exact) mass is 1060 g/mol. The van der Waals surface area contributed by atoms with Crippen LogP contribution in [0, 0.1) is 0 Å². The van der Waals surface area contributed by atoms with Gasteiger partial charge in [0.1, 0.15) is 85.0 Å². The predicted octanol–water partition coefficient (Wildman–Crippen LogP) is -8.33. The summed E-state index contributed by atoms with van der Waals surface area (Å²) in [6.45, 7) is 6.54. The van der Waals surface area contributed by atoms with E-state index >= 15 is 0 Å². The zero-order valence-corrected chi connectivity index (χ0v) is 41.7. The van der Waals surface area contributed by atoms with Gasteiger partial charge in [0.25, 0.3) is 0 Å². The Morgan fingerprint density at radius 1 is 0.689 bits per heavy atom. The number of ether oxygens (including phenoxy) is 5. The van der Waals surface area contributed by atoms with Gasteiger partial charge in [0.2, 0.25) is 59.1 Å². The Morgan fingerprint density at radius 2 is 1.28 bits per heavy atom. The van der Waals surface area contributed by atoms with Crippen LogP contribution in [-0.4, -0.2) is 209 Å². The fourth-order valence-electron chi connectivity index (χ4n) is 7.82. The summed E-state index contributed by atoms with van der Waals surface area (Å²) in [4.78, 5) is 138. The van der Waals surface area contributed by atoms with Crippen molar-refractivity contribution < 1.29 is 96.9 Å². The molecule has 2 bridgehead atoms. The van der Waals surface area contributed by atoms with E-state index in [4.69, 9.17) is 46.0 Å². The number of carbonyl (C=O) groups is 11. The molecule has 0 spiro atoms. The van der Waals surface area contributed by atoms with Crippen molar-refractivity contribution in [3.8, 4) is 0 Å². The van der Waals surface area contributed by atoms with Crippen molar-refractivity contribution in [2.24, 2.45) is 17.2 Å². The van der Waals surface area contributed by atoms with E-state index in [0.29, 0.717) is 0 Å². The molecule has 0 radical (unpaired) electrons. The van der Waals surface area contributed by atoms with E-state index in [0.717, 1.165) is 6.92 Å². The number of fused-ring (bicyclic) bond motifs is 2. The largest absolute Gasteiger partial charge is 0.480 e. The van der Waals surface area contributed by atoms with Crippen molar-refractivity contribution in [1.82, 2.24) is 42.5 Å². The lowest BCUT2D eigenvalue weighted by atomic mass is 9.95. The molecule has 0 aromatic heterocycles. The summed E-state index contributed by atoms with van der Waals surface area (Å²) in [6.07, 6.45) is -13.3. The standard InChI is InChI=1S/C43H71N11O20/c1-16(36(63)50-18(3)41(68)69)49-40(67)24(9-7-8-12-47-39(66)22(44)13-27(45)58)53-28(59)11-10-23(35(46)62)54-37(64)17(2)48-38(65)19(4)71-34-30(52-21(6)57)42-70-15-26(73-42)33(34)74-43-29(51-20(5)56)32(61)31(60)25(14-55)72-43/h16-19,22-26,29-34,42-43,55,60-61H,7-15,44H2,1-6H3,(H2,45,58)(H2,46,62)(H,47,66)(H,48,65)(H,49,67)(H,50,63)(H,51,56)(H,52,57)(H,53,59)(H,54,64)(H,68,69). The predicted molar refractivity (Wildman–Crippen MR) is 248 cm³/mol. The molecule has 17 atom stereocenters. The summed E-state index contributed by atoms with van der Waals surface area (Å²) in [5, 5.41) is 59.9. The zero-order valence-electron chi connectivity index (χ0n) is 41.7. The van der Waals surface area contributed by atoms with Gasteiger partial charge in [-0.1, -0.05) is 0 Å². The molecule has 3 rings (SSSR count). The van der Waals surface area contributed by atoms with E-state index in [2.05, 4.69) is 42.5 Å². The van der Waals surface area contributed by atoms with Gasteiger partial charge in [-0.3, -0.25) is 52.7 Å². The Bertz CT molecular complexity index is 2040. The van der Waals surface area contributed by atoms with Crippen molar-refractivity contribution >= 4 is 65.0 Å². The summed E-state index contributed by atoms with van der Waals surface area (Å²) < 4.78 is 29.8. The van der Waals surface area contributed by atoms with Crippen molar-refractivity contribution in [3.05, 3.63) is 0 Å². The number of hydrogen-bond donors (Lipinski definition) is 15. The maximum Gasteiger partial charge on any atom is 0.325 e. The Hall–Kier alpha value is -6.19. The molecule has 3 aliphatic heterocycles. The molecule has 31 heteroatoms. The molecule has 3 saturated heterocycles. The van der Waals surface area contributed by atoms with Crippen LogP contribution in [0.3, 0.4) is 0 Å². The second-order valence-electron chi connectivity index (χ2n) is 18.1. The van der Waals surface area contributed by atoms with Crippen LogP contribution in [0.1, 0.15) is 80.1 Å². The highest BCUT2D eigenvalue weighted by molar-refractivity contribution is 5.94. The molecule has 10 amide bonds. The van der Waals surface area contributed by atoms with Gasteiger partial charge in [-0.2, -0.15) is 0 Å². The smallest absolute Gasteiger partial charge is 0.325 e. The highest BCUT2D eigenvalue weighted by atomic mass is 16.8. The third kappa shape index (κ3) is 18.6. The summed E-state index contributed by atoms with van der Waals surface area (Å²) in [6, 6.07) is -10.5. The lowest BCUT2D eigenvalue weighted by Crippen LogP contribution is -2.68. The number of primary amides is 2. The molecule has 17 unspecified atom stereocenters. The third-order valence-corrected chi connectivity index (χ3v) is 11.9. The van der Waals surface area contributed by atoms with E-state index in [-0.39, 0.29) is 32.4 Å². The minimum atomic E-state index is -1.69. The second-order valence-corrected chi connectivity index (χ2v) is 18.1. The average molecular weight is 1060 g/mol. The molecule has 418 valence electrons. The lowest BCUT2D eigenvalue weighted by molar-refractivity contribution is -0.313. The SMILES string of the molecule is CC(=O)NC1C(OC2C3COC(O3)C(NC(C)=O)C2OC(C)C(=O)NC(C)C(=O)NC(CCC(=O)NC(CCCCNC(=O)C(N)CC(N)=O)C(=O)NC(C)C(=O)NC(C)C(=O)O)C(N)=O)OC(CO)C(O)C1O. The number of aliphatic carboxylic acids is 1. The fourth-order valence-corrected chi connectivity index (χ4v) is 7.82. The van der Waals surface area contributed by atoms with Crippen molar-refractivity contribution in [3.63, 3.8) is 0 Å². The number of rotatable bonds is 29.